The second-order valence-electron chi connectivity index (χ2n) is 5.30. The summed E-state index contributed by atoms with van der Waals surface area (Å²) in [7, 11) is 0. The number of aryl methyl sites for hydroxylation is 1. The van der Waals surface area contributed by atoms with E-state index in [4.69, 9.17) is 0 Å². The van der Waals surface area contributed by atoms with Crippen molar-refractivity contribution in [2.75, 3.05) is 5.32 Å². The van der Waals surface area contributed by atoms with Gasteiger partial charge in [-0.15, -0.1) is 0 Å². The number of amides is 1. The Labute approximate surface area is 115 Å². The SMILES string of the molecule is CCCC(CC)NC(=O)C1CCc2ccccc2N1. The summed E-state index contributed by atoms with van der Waals surface area (Å²) < 4.78 is 0. The highest BCUT2D eigenvalue weighted by Crippen LogP contribution is 2.24. The van der Waals surface area contributed by atoms with Crippen LogP contribution in [0.2, 0.25) is 0 Å². The second-order valence-corrected chi connectivity index (χ2v) is 5.30. The van der Waals surface area contributed by atoms with E-state index in [1.165, 1.54) is 5.56 Å². The third-order valence-electron chi connectivity index (χ3n) is 3.84. The molecule has 1 heterocycles. The molecule has 104 valence electrons. The lowest BCUT2D eigenvalue weighted by Crippen LogP contribution is -2.45. The minimum atomic E-state index is -0.0826. The second kappa shape index (κ2) is 6.60. The third kappa shape index (κ3) is 3.49. The summed E-state index contributed by atoms with van der Waals surface area (Å²) in [6.45, 7) is 4.29. The van der Waals surface area contributed by atoms with Gasteiger partial charge in [-0.05, 0) is 37.3 Å². The summed E-state index contributed by atoms with van der Waals surface area (Å²) in [4.78, 5) is 12.3. The van der Waals surface area contributed by atoms with Gasteiger partial charge in [0, 0.05) is 11.7 Å². The number of nitrogens with one attached hydrogen (secondary N) is 2. The number of para-hydroxylation sites is 1. The number of carbonyl (C=O) groups excluding carboxylic acids is 1. The van der Waals surface area contributed by atoms with Crippen LogP contribution in [0.25, 0.3) is 0 Å². The molecule has 1 aliphatic rings. The maximum Gasteiger partial charge on any atom is 0.242 e. The van der Waals surface area contributed by atoms with Crippen molar-refractivity contribution in [2.24, 2.45) is 0 Å². The summed E-state index contributed by atoms with van der Waals surface area (Å²) in [5, 5.41) is 6.52. The zero-order valence-corrected chi connectivity index (χ0v) is 11.9. The van der Waals surface area contributed by atoms with Gasteiger partial charge >= 0.3 is 0 Å². The van der Waals surface area contributed by atoms with Crippen molar-refractivity contribution in [3.8, 4) is 0 Å². The van der Waals surface area contributed by atoms with E-state index in [9.17, 15) is 4.79 Å². The smallest absolute Gasteiger partial charge is 0.242 e. The quantitative estimate of drug-likeness (QED) is 0.854. The molecule has 3 heteroatoms. The summed E-state index contributed by atoms with van der Waals surface area (Å²) in [5.41, 5.74) is 2.42. The number of benzene rings is 1. The molecule has 0 bridgehead atoms. The van der Waals surface area contributed by atoms with Crippen LogP contribution >= 0.6 is 0 Å². The van der Waals surface area contributed by atoms with E-state index in [0.29, 0.717) is 6.04 Å². The molecule has 1 aromatic carbocycles. The first-order valence-electron chi connectivity index (χ1n) is 7.39. The Kier molecular flexibility index (Phi) is 4.83. The van der Waals surface area contributed by atoms with E-state index < -0.39 is 0 Å². The highest BCUT2D eigenvalue weighted by molar-refractivity contribution is 5.85. The fraction of sp³-hybridized carbons (Fsp3) is 0.562. The molecule has 19 heavy (non-hydrogen) atoms. The van der Waals surface area contributed by atoms with Gasteiger partial charge in [-0.25, -0.2) is 0 Å². The minimum absolute atomic E-state index is 0.0826. The molecule has 0 aliphatic carbocycles. The zero-order valence-electron chi connectivity index (χ0n) is 11.9. The highest BCUT2D eigenvalue weighted by atomic mass is 16.2. The molecular formula is C16H24N2O. The minimum Gasteiger partial charge on any atom is -0.373 e. The molecule has 0 aromatic heterocycles. The van der Waals surface area contributed by atoms with Gasteiger partial charge in [0.25, 0.3) is 0 Å². The normalized spacial score (nSPS) is 19.2. The third-order valence-corrected chi connectivity index (χ3v) is 3.84. The Bertz CT molecular complexity index is 431. The van der Waals surface area contributed by atoms with Crippen LogP contribution in [0.5, 0.6) is 0 Å². The van der Waals surface area contributed by atoms with Gasteiger partial charge in [-0.2, -0.15) is 0 Å². The molecule has 2 atom stereocenters. The molecule has 0 fully saturated rings. The summed E-state index contributed by atoms with van der Waals surface area (Å²) in [5.74, 6) is 0.148. The van der Waals surface area contributed by atoms with Crippen molar-refractivity contribution < 1.29 is 4.79 Å². The van der Waals surface area contributed by atoms with Crippen LogP contribution in [0.1, 0.15) is 45.1 Å². The van der Waals surface area contributed by atoms with Gasteiger partial charge in [-0.1, -0.05) is 38.5 Å². The standard InChI is InChI=1S/C16H24N2O/c1-3-7-13(4-2)17-16(19)15-11-10-12-8-5-6-9-14(12)18-15/h5-6,8-9,13,15,18H,3-4,7,10-11H2,1-2H3,(H,17,19). The molecule has 0 spiro atoms. The van der Waals surface area contributed by atoms with Crippen LogP contribution in [-0.2, 0) is 11.2 Å². The molecule has 1 aromatic rings. The zero-order chi connectivity index (χ0) is 13.7. The van der Waals surface area contributed by atoms with Crippen molar-refractivity contribution >= 4 is 11.6 Å². The summed E-state index contributed by atoms with van der Waals surface area (Å²) in [6.07, 6.45) is 5.03. The monoisotopic (exact) mass is 260 g/mol. The van der Waals surface area contributed by atoms with Gasteiger partial charge in [0.1, 0.15) is 6.04 Å². The van der Waals surface area contributed by atoms with Crippen molar-refractivity contribution in [3.63, 3.8) is 0 Å². The first-order chi connectivity index (χ1) is 9.24. The van der Waals surface area contributed by atoms with Crippen LogP contribution in [-0.4, -0.2) is 18.0 Å². The van der Waals surface area contributed by atoms with Gasteiger partial charge in [0.05, 0.1) is 0 Å². The molecule has 3 nitrogen and oxygen atoms in total. The molecular weight excluding hydrogens is 236 g/mol. The fourth-order valence-corrected chi connectivity index (χ4v) is 2.66. The van der Waals surface area contributed by atoms with Gasteiger partial charge in [-0.3, -0.25) is 4.79 Å². The molecule has 0 radical (unpaired) electrons. The van der Waals surface area contributed by atoms with Gasteiger partial charge in [0.2, 0.25) is 5.91 Å². The first kappa shape index (κ1) is 13.9. The highest BCUT2D eigenvalue weighted by Gasteiger charge is 2.24. The predicted octanol–water partition coefficient (Wildman–Crippen LogP) is 3.11. The maximum absolute atomic E-state index is 12.3. The molecule has 0 saturated heterocycles. The van der Waals surface area contributed by atoms with Crippen molar-refractivity contribution in [1.29, 1.82) is 0 Å². The number of hydrogen-bond acceptors (Lipinski definition) is 2. The molecule has 1 aliphatic heterocycles. The summed E-state index contributed by atoms with van der Waals surface area (Å²) in [6, 6.07) is 8.48. The Morgan fingerprint density at radius 2 is 2.21 bits per heavy atom. The van der Waals surface area contributed by atoms with Crippen LogP contribution in [0.15, 0.2) is 24.3 Å². The Hall–Kier alpha value is -1.51. The number of carbonyl (C=O) groups is 1. The van der Waals surface area contributed by atoms with Crippen LogP contribution in [0.3, 0.4) is 0 Å². The fourth-order valence-electron chi connectivity index (χ4n) is 2.66. The topological polar surface area (TPSA) is 41.1 Å². The number of hydrogen-bond donors (Lipinski definition) is 2. The van der Waals surface area contributed by atoms with E-state index in [1.807, 2.05) is 6.07 Å². The van der Waals surface area contributed by atoms with Crippen molar-refractivity contribution in [3.05, 3.63) is 29.8 Å². The maximum atomic E-state index is 12.3. The molecule has 2 N–H and O–H groups in total. The van der Waals surface area contributed by atoms with Crippen LogP contribution in [0, 0.1) is 0 Å². The lowest BCUT2D eigenvalue weighted by Gasteiger charge is -2.28. The van der Waals surface area contributed by atoms with Crippen LogP contribution < -0.4 is 10.6 Å². The molecule has 2 rings (SSSR count). The molecule has 2 unspecified atom stereocenters. The lowest BCUT2D eigenvalue weighted by atomic mass is 9.97. The number of fused-ring (bicyclic) bond motifs is 1. The van der Waals surface area contributed by atoms with E-state index >= 15 is 0 Å². The van der Waals surface area contributed by atoms with Crippen molar-refractivity contribution in [1.82, 2.24) is 5.32 Å². The van der Waals surface area contributed by atoms with Crippen LogP contribution in [0.4, 0.5) is 5.69 Å². The van der Waals surface area contributed by atoms with Crippen molar-refractivity contribution in [2.45, 2.75) is 58.0 Å². The van der Waals surface area contributed by atoms with Gasteiger partial charge < -0.3 is 10.6 Å². The van der Waals surface area contributed by atoms with E-state index in [2.05, 4.69) is 42.7 Å². The van der Waals surface area contributed by atoms with E-state index in [1.54, 1.807) is 0 Å². The van der Waals surface area contributed by atoms with Gasteiger partial charge in [0.15, 0.2) is 0 Å². The predicted molar refractivity (Wildman–Crippen MR) is 79.3 cm³/mol. The first-order valence-corrected chi connectivity index (χ1v) is 7.39. The number of anilines is 1. The molecule has 1 amide bonds. The Morgan fingerprint density at radius 1 is 1.42 bits per heavy atom. The van der Waals surface area contributed by atoms with E-state index in [-0.39, 0.29) is 11.9 Å². The summed E-state index contributed by atoms with van der Waals surface area (Å²) >= 11 is 0. The Morgan fingerprint density at radius 3 is 2.95 bits per heavy atom. The largest absolute Gasteiger partial charge is 0.373 e. The molecule has 0 saturated carbocycles. The lowest BCUT2D eigenvalue weighted by molar-refractivity contribution is -0.122. The number of rotatable bonds is 5. The average molecular weight is 260 g/mol. The average Bonchev–Trinajstić information content (AvgIpc) is 2.46. The van der Waals surface area contributed by atoms with E-state index in [0.717, 1.165) is 37.8 Å². The Balaban J connectivity index is 1.95.